The van der Waals surface area contributed by atoms with Crippen molar-refractivity contribution in [2.45, 2.75) is 26.7 Å². The van der Waals surface area contributed by atoms with E-state index in [1.54, 1.807) is 23.6 Å². The van der Waals surface area contributed by atoms with E-state index in [1.165, 1.54) is 0 Å². The number of nitrogens with one attached hydrogen (secondary N) is 1. The van der Waals surface area contributed by atoms with Crippen molar-refractivity contribution in [1.82, 2.24) is 9.97 Å². The van der Waals surface area contributed by atoms with Crippen molar-refractivity contribution >= 4 is 39.5 Å². The summed E-state index contributed by atoms with van der Waals surface area (Å²) in [5.74, 6) is 0.731. The fourth-order valence-corrected chi connectivity index (χ4v) is 2.70. The van der Waals surface area contributed by atoms with Crippen LogP contribution in [0.15, 0.2) is 54.1 Å². The van der Waals surface area contributed by atoms with Crippen LogP contribution in [0.4, 0.5) is 10.9 Å². The molecule has 0 saturated carbocycles. The van der Waals surface area contributed by atoms with Gasteiger partial charge >= 0.3 is 0 Å². The number of thiazole rings is 1. The highest BCUT2D eigenvalue weighted by Gasteiger charge is 2.05. The fraction of sp³-hybridized carbons (Fsp3) is 0.222. The number of aromatic nitrogens is 2. The van der Waals surface area contributed by atoms with Crippen molar-refractivity contribution < 1.29 is 0 Å². The number of hydrogen-bond donors (Lipinski definition) is 1. The first-order chi connectivity index (χ1) is 11.2. The van der Waals surface area contributed by atoms with Crippen LogP contribution in [0.25, 0.3) is 5.57 Å². The third kappa shape index (κ3) is 5.66. The van der Waals surface area contributed by atoms with Crippen molar-refractivity contribution in [3.63, 3.8) is 0 Å². The zero-order valence-corrected chi connectivity index (χ0v) is 14.9. The van der Waals surface area contributed by atoms with E-state index in [4.69, 9.17) is 11.6 Å². The molecule has 2 aromatic heterocycles. The van der Waals surface area contributed by atoms with E-state index in [9.17, 15) is 0 Å². The number of rotatable bonds is 7. The Labute approximate surface area is 146 Å². The minimum absolute atomic E-state index is 0.618. The average molecular weight is 346 g/mol. The van der Waals surface area contributed by atoms with Gasteiger partial charge in [-0.2, -0.15) is 0 Å². The van der Waals surface area contributed by atoms with Crippen LogP contribution in [0.2, 0.25) is 5.02 Å². The molecule has 0 aliphatic carbocycles. The molecular formula is C18H20ClN3S. The number of nitrogens with zero attached hydrogens (tertiary/aromatic N) is 2. The molecule has 23 heavy (non-hydrogen) atoms. The molecule has 2 aromatic rings. The van der Waals surface area contributed by atoms with E-state index in [-0.39, 0.29) is 0 Å². The Morgan fingerprint density at radius 2 is 2.26 bits per heavy atom. The van der Waals surface area contributed by atoms with Crippen molar-refractivity contribution in [2.75, 3.05) is 5.32 Å². The zero-order valence-electron chi connectivity index (χ0n) is 13.3. The molecule has 0 radical (unpaired) electrons. The van der Waals surface area contributed by atoms with Crippen LogP contribution in [-0.2, 0) is 0 Å². The van der Waals surface area contributed by atoms with E-state index < -0.39 is 0 Å². The number of pyridine rings is 1. The largest absolute Gasteiger partial charge is 0.316 e. The Kier molecular flexibility index (Phi) is 7.04. The van der Waals surface area contributed by atoms with Crippen LogP contribution in [-0.4, -0.2) is 9.97 Å². The lowest BCUT2D eigenvalue weighted by Crippen LogP contribution is -1.92. The summed E-state index contributed by atoms with van der Waals surface area (Å²) in [4.78, 5) is 8.84. The molecule has 0 unspecified atom stereocenters. The van der Waals surface area contributed by atoms with E-state index in [0.717, 1.165) is 35.1 Å². The van der Waals surface area contributed by atoms with Gasteiger partial charge in [0.1, 0.15) is 5.82 Å². The van der Waals surface area contributed by atoms with Crippen LogP contribution in [0.1, 0.15) is 32.4 Å². The van der Waals surface area contributed by atoms with Crippen LogP contribution >= 0.6 is 22.9 Å². The Hall–Kier alpha value is -1.91. The Morgan fingerprint density at radius 3 is 2.96 bits per heavy atom. The molecule has 5 heteroatoms. The minimum atomic E-state index is 0.618. The van der Waals surface area contributed by atoms with Gasteiger partial charge in [-0.1, -0.05) is 55.3 Å². The quantitative estimate of drug-likeness (QED) is 0.602. The predicted molar refractivity (Wildman–Crippen MR) is 101 cm³/mol. The zero-order chi connectivity index (χ0) is 16.5. The van der Waals surface area contributed by atoms with Gasteiger partial charge in [0.05, 0.1) is 10.7 Å². The molecule has 0 aliphatic rings. The highest BCUT2D eigenvalue weighted by atomic mass is 35.5. The minimum Gasteiger partial charge on any atom is -0.316 e. The summed E-state index contributed by atoms with van der Waals surface area (Å²) < 4.78 is 0. The van der Waals surface area contributed by atoms with Gasteiger partial charge < -0.3 is 5.32 Å². The van der Waals surface area contributed by atoms with Gasteiger partial charge in [-0.15, -0.1) is 11.3 Å². The molecular weight excluding hydrogens is 326 g/mol. The summed E-state index contributed by atoms with van der Waals surface area (Å²) in [7, 11) is 0. The van der Waals surface area contributed by atoms with E-state index >= 15 is 0 Å². The number of anilines is 2. The SMILES string of the molecule is C\C=C/C(=C\C=C/CCC)c1csc(Nc2ccc(Cl)cn2)n1. The van der Waals surface area contributed by atoms with Gasteiger partial charge in [0, 0.05) is 17.2 Å². The maximum atomic E-state index is 5.84. The molecule has 1 N–H and O–H groups in total. The Bertz CT molecular complexity index is 699. The van der Waals surface area contributed by atoms with Gasteiger partial charge in [-0.25, -0.2) is 9.97 Å². The summed E-state index contributed by atoms with van der Waals surface area (Å²) in [6, 6.07) is 3.63. The molecule has 0 fully saturated rings. The maximum absolute atomic E-state index is 5.84. The summed E-state index contributed by atoms with van der Waals surface area (Å²) in [6.45, 7) is 4.18. The standard InChI is InChI=1S/C18H20ClN3S/c1-3-5-6-7-9-14(8-4-2)16-13-23-18(21-16)22-17-11-10-15(19)12-20-17/h4,6-13H,3,5H2,1-2H3,(H,20,21,22)/b7-6-,8-4-,14-9+. The Morgan fingerprint density at radius 1 is 1.39 bits per heavy atom. The summed E-state index contributed by atoms with van der Waals surface area (Å²) in [5, 5.41) is 6.66. The second-order valence-electron chi connectivity index (χ2n) is 4.86. The van der Waals surface area contributed by atoms with E-state index in [1.807, 2.05) is 24.4 Å². The summed E-state index contributed by atoms with van der Waals surface area (Å²) >= 11 is 7.39. The van der Waals surface area contributed by atoms with Gasteiger partial charge in [0.15, 0.2) is 5.13 Å². The smallest absolute Gasteiger partial charge is 0.188 e. The molecule has 2 rings (SSSR count). The van der Waals surface area contributed by atoms with Crippen LogP contribution in [0, 0.1) is 0 Å². The molecule has 0 atom stereocenters. The second kappa shape index (κ2) is 9.28. The fourth-order valence-electron chi connectivity index (χ4n) is 1.86. The van der Waals surface area contributed by atoms with Crippen molar-refractivity contribution in [3.05, 3.63) is 64.8 Å². The molecule has 0 spiro atoms. The first-order valence-electron chi connectivity index (χ1n) is 7.57. The molecule has 0 aromatic carbocycles. The van der Waals surface area contributed by atoms with Gasteiger partial charge in [0.25, 0.3) is 0 Å². The topological polar surface area (TPSA) is 37.8 Å². The second-order valence-corrected chi connectivity index (χ2v) is 6.16. The molecule has 2 heterocycles. The monoisotopic (exact) mass is 345 g/mol. The maximum Gasteiger partial charge on any atom is 0.188 e. The molecule has 120 valence electrons. The molecule has 0 amide bonds. The van der Waals surface area contributed by atoms with Crippen LogP contribution in [0.3, 0.4) is 0 Å². The predicted octanol–water partition coefficient (Wildman–Crippen LogP) is 6.25. The molecule has 0 aliphatic heterocycles. The van der Waals surface area contributed by atoms with Crippen molar-refractivity contribution in [2.24, 2.45) is 0 Å². The van der Waals surface area contributed by atoms with Crippen molar-refractivity contribution in [3.8, 4) is 0 Å². The highest BCUT2D eigenvalue weighted by Crippen LogP contribution is 2.25. The number of allylic oxidation sites excluding steroid dienone is 6. The lowest BCUT2D eigenvalue weighted by Gasteiger charge is -2.01. The number of hydrogen-bond acceptors (Lipinski definition) is 4. The summed E-state index contributed by atoms with van der Waals surface area (Å²) in [6.07, 6.45) is 14.3. The molecule has 3 nitrogen and oxygen atoms in total. The first kappa shape index (κ1) is 17.4. The summed E-state index contributed by atoms with van der Waals surface area (Å²) in [5.41, 5.74) is 2.04. The van der Waals surface area contributed by atoms with Crippen molar-refractivity contribution in [1.29, 1.82) is 0 Å². The molecule has 0 saturated heterocycles. The van der Waals surface area contributed by atoms with E-state index in [0.29, 0.717) is 5.02 Å². The lowest BCUT2D eigenvalue weighted by molar-refractivity contribution is 0.959. The van der Waals surface area contributed by atoms with Gasteiger partial charge in [-0.05, 0) is 25.5 Å². The third-order valence-electron chi connectivity index (χ3n) is 2.98. The van der Waals surface area contributed by atoms with Gasteiger partial charge in [-0.3, -0.25) is 0 Å². The van der Waals surface area contributed by atoms with Crippen LogP contribution < -0.4 is 5.32 Å². The number of halogens is 1. The van der Waals surface area contributed by atoms with E-state index in [2.05, 4.69) is 46.5 Å². The van der Waals surface area contributed by atoms with Gasteiger partial charge in [0.2, 0.25) is 0 Å². The number of unbranched alkanes of at least 4 members (excludes halogenated alkanes) is 1. The first-order valence-corrected chi connectivity index (χ1v) is 8.82. The average Bonchev–Trinajstić information content (AvgIpc) is 3.01. The Balaban J connectivity index is 2.13. The highest BCUT2D eigenvalue weighted by molar-refractivity contribution is 7.13. The third-order valence-corrected chi connectivity index (χ3v) is 3.96. The molecule has 0 bridgehead atoms. The van der Waals surface area contributed by atoms with Crippen LogP contribution in [0.5, 0.6) is 0 Å². The lowest BCUT2D eigenvalue weighted by atomic mass is 10.1. The normalized spacial score (nSPS) is 12.4.